The van der Waals surface area contributed by atoms with Gasteiger partial charge in [-0.3, -0.25) is 19.3 Å². The van der Waals surface area contributed by atoms with Crippen molar-refractivity contribution >= 4 is 23.2 Å². The first kappa shape index (κ1) is 29.5. The second-order valence-corrected chi connectivity index (χ2v) is 11.8. The molecule has 3 aliphatic carbocycles. The number of benzene rings is 2. The van der Waals surface area contributed by atoms with Crippen LogP contribution in [0.2, 0.25) is 0 Å². The minimum atomic E-state index is -2.92. The number of aliphatic hydroxyl groups excluding tert-OH is 3. The number of aryl methyl sites for hydroxylation is 2. The van der Waals surface area contributed by atoms with Crippen molar-refractivity contribution in [1.29, 1.82) is 0 Å². The highest BCUT2D eigenvalue weighted by molar-refractivity contribution is 6.24. The molecule has 3 aliphatic rings. The lowest BCUT2D eigenvalue weighted by atomic mass is 9.54. The number of fused-ring (bicyclic) bond motifs is 3. The van der Waals surface area contributed by atoms with Crippen LogP contribution in [0.15, 0.2) is 59.4 Å². The van der Waals surface area contributed by atoms with E-state index in [2.05, 4.69) is 12.1 Å². The number of phenols is 1. The van der Waals surface area contributed by atoms with Crippen LogP contribution >= 0.6 is 0 Å². The predicted octanol–water partition coefficient (Wildman–Crippen LogP) is 2.06. The molecule has 0 spiro atoms. The molecule has 1 saturated carbocycles. The van der Waals surface area contributed by atoms with Gasteiger partial charge >= 0.3 is 0 Å². The Hall–Kier alpha value is -3.99. The van der Waals surface area contributed by atoms with E-state index in [0.717, 1.165) is 19.3 Å². The fourth-order valence-corrected chi connectivity index (χ4v) is 7.15. The number of hydrogen-bond acceptors (Lipinski definition) is 9. The number of hydrogen-bond donors (Lipinski definition) is 6. The summed E-state index contributed by atoms with van der Waals surface area (Å²) in [5.74, 6) is -8.79. The van der Waals surface area contributed by atoms with Gasteiger partial charge in [0.1, 0.15) is 22.8 Å². The number of aliphatic hydroxyl groups is 4. The van der Waals surface area contributed by atoms with Gasteiger partial charge in [0.05, 0.1) is 23.6 Å². The van der Waals surface area contributed by atoms with E-state index >= 15 is 0 Å². The highest BCUT2D eigenvalue weighted by atomic mass is 16.4. The van der Waals surface area contributed by atoms with Crippen molar-refractivity contribution in [3.05, 3.63) is 81.6 Å². The monoisotopic (exact) mass is 576 g/mol. The van der Waals surface area contributed by atoms with Crippen molar-refractivity contribution in [2.24, 2.45) is 17.6 Å². The molecule has 42 heavy (non-hydrogen) atoms. The largest absolute Gasteiger partial charge is 0.508 e. The number of likely N-dealkylation sites (N-methyl/N-ethyl adjacent to an activating group) is 1. The first-order chi connectivity index (χ1) is 19.8. The highest BCUT2D eigenvalue weighted by Crippen LogP contribution is 2.56. The van der Waals surface area contributed by atoms with Gasteiger partial charge in [0.25, 0.3) is 5.91 Å². The van der Waals surface area contributed by atoms with Crippen molar-refractivity contribution in [3.63, 3.8) is 0 Å². The van der Waals surface area contributed by atoms with Gasteiger partial charge in [-0.25, -0.2) is 0 Å². The van der Waals surface area contributed by atoms with Gasteiger partial charge in [0.2, 0.25) is 5.78 Å². The Morgan fingerprint density at radius 2 is 1.64 bits per heavy atom. The smallest absolute Gasteiger partial charge is 0.255 e. The number of carbonyl (C=O) groups excluding carboxylic acids is 3. The molecule has 7 N–H and O–H groups in total. The zero-order valence-corrected chi connectivity index (χ0v) is 23.7. The molecule has 0 bridgehead atoms. The molecule has 1 amide bonds. The maximum Gasteiger partial charge on any atom is 0.255 e. The summed E-state index contributed by atoms with van der Waals surface area (Å²) in [6.45, 7) is 1.72. The average molecular weight is 577 g/mol. The molecule has 6 atom stereocenters. The minimum absolute atomic E-state index is 0.0200. The Kier molecular flexibility index (Phi) is 7.51. The van der Waals surface area contributed by atoms with Gasteiger partial charge in [0.15, 0.2) is 11.4 Å². The lowest BCUT2D eigenvalue weighted by Gasteiger charge is -2.53. The number of Topliss-reactive ketones (excluding diaryl/α,β-unsaturated/α-hetero) is 2. The van der Waals surface area contributed by atoms with Crippen molar-refractivity contribution in [2.45, 2.75) is 56.3 Å². The van der Waals surface area contributed by atoms with E-state index in [1.54, 1.807) is 19.1 Å². The number of nitrogens with two attached hydrogens (primary N) is 1. The molecule has 0 aliphatic heterocycles. The van der Waals surface area contributed by atoms with Crippen molar-refractivity contribution < 1.29 is 39.9 Å². The number of aromatic hydroxyl groups is 1. The molecule has 0 aromatic heterocycles. The Morgan fingerprint density at radius 3 is 2.26 bits per heavy atom. The van der Waals surface area contributed by atoms with Crippen LogP contribution in [0, 0.1) is 11.8 Å². The summed E-state index contributed by atoms with van der Waals surface area (Å²) in [5, 5.41) is 57.3. The van der Waals surface area contributed by atoms with Crippen LogP contribution in [0.25, 0.3) is 5.76 Å². The van der Waals surface area contributed by atoms with E-state index in [4.69, 9.17) is 5.73 Å². The number of primary amides is 1. The van der Waals surface area contributed by atoms with E-state index in [9.17, 15) is 39.9 Å². The third-order valence-corrected chi connectivity index (χ3v) is 9.22. The molecule has 0 saturated heterocycles. The van der Waals surface area contributed by atoms with E-state index in [1.165, 1.54) is 24.6 Å². The van der Waals surface area contributed by atoms with Crippen LogP contribution in [0.5, 0.6) is 5.75 Å². The number of phenolic OH excluding ortho intramolecular Hbond substituents is 1. The van der Waals surface area contributed by atoms with E-state index in [-0.39, 0.29) is 16.9 Å². The molecular weight excluding hydrogens is 540 g/mol. The maximum atomic E-state index is 14.1. The van der Waals surface area contributed by atoms with Crippen LogP contribution in [0.4, 0.5) is 0 Å². The molecule has 0 radical (unpaired) electrons. The number of ketones is 2. The fourth-order valence-electron chi connectivity index (χ4n) is 7.15. The second kappa shape index (κ2) is 10.7. The summed E-state index contributed by atoms with van der Waals surface area (Å²) in [7, 11) is 2.95. The minimum Gasteiger partial charge on any atom is -0.508 e. The van der Waals surface area contributed by atoms with Crippen LogP contribution in [0.1, 0.15) is 47.9 Å². The summed E-state index contributed by atoms with van der Waals surface area (Å²) >= 11 is 0. The maximum absolute atomic E-state index is 14.1. The molecule has 0 heterocycles. The Morgan fingerprint density at radius 1 is 1.00 bits per heavy atom. The fraction of sp³-hybridized carbons (Fsp3) is 0.406. The first-order valence-corrected chi connectivity index (χ1v) is 14.1. The average Bonchev–Trinajstić information content (AvgIpc) is 2.94. The summed E-state index contributed by atoms with van der Waals surface area (Å²) in [4.78, 5) is 40.9. The third-order valence-electron chi connectivity index (χ3n) is 9.22. The highest BCUT2D eigenvalue weighted by Gasteiger charge is 2.68. The Balaban J connectivity index is 1.57. The standard InChI is InChI=1S/C32H36N2O8/c1-15-18-14-13-17(12-8-7-11-16-9-5-4-6-10-16)25(35)20(18)26(36)21-19(15)27(37)23-24(34(2)3)28(38)22(31(33)41)30(40)32(23,42)29(21)39/h4-6,9-10,13-15,19,23-24,27,35-37,40,42H,7-8,11-12H2,1-3H3,(H2,33,41)/t15-,19+,23+,24-,27-,32-/m0/s1. The Labute approximate surface area is 243 Å². The number of unbranched alkanes of at least 4 members (excludes halogenated alkanes) is 1. The Bertz CT molecular complexity index is 1530. The van der Waals surface area contributed by atoms with Gasteiger partial charge < -0.3 is 31.3 Å². The number of carbonyl (C=O) groups is 3. The molecule has 10 nitrogen and oxygen atoms in total. The van der Waals surface area contributed by atoms with Crippen LogP contribution in [-0.2, 0) is 27.2 Å². The predicted molar refractivity (Wildman–Crippen MR) is 153 cm³/mol. The van der Waals surface area contributed by atoms with E-state index < -0.39 is 70.1 Å². The van der Waals surface area contributed by atoms with Crippen LogP contribution in [-0.4, -0.2) is 79.7 Å². The molecule has 222 valence electrons. The van der Waals surface area contributed by atoms with E-state index in [0.29, 0.717) is 17.5 Å². The van der Waals surface area contributed by atoms with Crippen molar-refractivity contribution in [1.82, 2.24) is 4.90 Å². The van der Waals surface area contributed by atoms with Gasteiger partial charge in [-0.15, -0.1) is 0 Å². The summed E-state index contributed by atoms with van der Waals surface area (Å²) < 4.78 is 0. The molecule has 10 heteroatoms. The van der Waals surface area contributed by atoms with Gasteiger partial charge in [-0.2, -0.15) is 0 Å². The van der Waals surface area contributed by atoms with Gasteiger partial charge in [0, 0.05) is 11.5 Å². The number of nitrogens with zero attached hydrogens (tertiary/aromatic N) is 1. The zero-order valence-electron chi connectivity index (χ0n) is 23.7. The second-order valence-electron chi connectivity index (χ2n) is 11.8. The molecule has 5 rings (SSSR count). The summed E-state index contributed by atoms with van der Waals surface area (Å²) in [5.41, 5.74) is 3.40. The third kappa shape index (κ3) is 4.24. The van der Waals surface area contributed by atoms with Gasteiger partial charge in [-0.1, -0.05) is 49.4 Å². The van der Waals surface area contributed by atoms with E-state index in [1.807, 2.05) is 18.2 Å². The quantitative estimate of drug-likeness (QED) is 0.212. The topological polar surface area (TPSA) is 182 Å². The molecule has 2 aromatic rings. The lowest BCUT2D eigenvalue weighted by molar-refractivity contribution is -0.169. The van der Waals surface area contributed by atoms with Crippen LogP contribution < -0.4 is 5.73 Å². The van der Waals surface area contributed by atoms with Gasteiger partial charge in [-0.05, 0) is 62.4 Å². The molecule has 2 aromatic carbocycles. The first-order valence-electron chi connectivity index (χ1n) is 14.1. The molecular formula is C32H36N2O8. The lowest BCUT2D eigenvalue weighted by Crippen LogP contribution is -2.70. The summed E-state index contributed by atoms with van der Waals surface area (Å²) in [6.07, 6.45) is 1.39. The summed E-state index contributed by atoms with van der Waals surface area (Å²) in [6, 6.07) is 12.1. The molecule has 1 fully saturated rings. The normalized spacial score (nSPS) is 29.0. The van der Waals surface area contributed by atoms with Crippen LogP contribution in [0.3, 0.4) is 0 Å². The van der Waals surface area contributed by atoms with Crippen molar-refractivity contribution in [3.8, 4) is 5.75 Å². The SMILES string of the molecule is C[C@H]1c2ccc(CCCCc3ccccc3)c(O)c2C(O)=C2C(=O)[C@]3(O)C(O)=C(C(N)=O)C(=O)[C@@H](N(C)C)[C@@H]3[C@@H](O)[C@@H]21. The van der Waals surface area contributed by atoms with Crippen molar-refractivity contribution in [2.75, 3.05) is 14.1 Å². The number of rotatable bonds is 7. The molecule has 0 unspecified atom stereocenters. The zero-order chi connectivity index (χ0) is 30.7. The number of amides is 1.